The number of ether oxygens (including phenoxy) is 1. The molecule has 0 saturated carbocycles. The average molecular weight is 400 g/mol. The first-order valence-corrected chi connectivity index (χ1v) is 10.8. The van der Waals surface area contributed by atoms with E-state index in [2.05, 4.69) is 44.8 Å². The number of thiophene rings is 1. The van der Waals surface area contributed by atoms with Crippen LogP contribution in [-0.4, -0.2) is 37.2 Å². The minimum Gasteiger partial charge on any atom is -0.378 e. The minimum atomic E-state index is -0.00516. The molecule has 1 aliphatic rings. The third-order valence-electron chi connectivity index (χ3n) is 4.46. The lowest BCUT2D eigenvalue weighted by Crippen LogP contribution is -2.36. The quantitative estimate of drug-likeness (QED) is 0.689. The van der Waals surface area contributed by atoms with Gasteiger partial charge in [0, 0.05) is 41.6 Å². The third kappa shape index (κ3) is 4.74. The van der Waals surface area contributed by atoms with Crippen molar-refractivity contribution in [2.45, 2.75) is 13.0 Å². The van der Waals surface area contributed by atoms with Crippen LogP contribution in [0, 0.1) is 0 Å². The summed E-state index contributed by atoms with van der Waals surface area (Å²) in [6, 6.07) is 10.4. The minimum absolute atomic E-state index is 0.00516. The van der Waals surface area contributed by atoms with E-state index >= 15 is 0 Å². The first kappa shape index (κ1) is 18.2. The molecule has 3 aromatic rings. The number of anilines is 1. The molecule has 1 aliphatic heterocycles. The molecule has 1 fully saturated rings. The van der Waals surface area contributed by atoms with Crippen LogP contribution in [0.15, 0.2) is 46.5 Å². The molecule has 2 aromatic heterocycles. The van der Waals surface area contributed by atoms with Crippen molar-refractivity contribution in [1.29, 1.82) is 0 Å². The van der Waals surface area contributed by atoms with Crippen LogP contribution in [-0.2, 0) is 22.5 Å². The maximum atomic E-state index is 12.2. The molecule has 27 heavy (non-hydrogen) atoms. The van der Waals surface area contributed by atoms with Gasteiger partial charge in [-0.05, 0) is 29.1 Å². The standard InChI is InChI=1S/C20H21N3O2S2/c24-19(11-17-14-27-20(22-17)16-5-10-26-13-16)21-12-15-1-3-18(4-2-15)23-6-8-25-9-7-23/h1-5,10,13-14H,6-9,11-12H2,(H,21,24). The van der Waals surface area contributed by atoms with Crippen molar-refractivity contribution >= 4 is 34.3 Å². The fraction of sp³-hybridized carbons (Fsp3) is 0.300. The van der Waals surface area contributed by atoms with E-state index in [9.17, 15) is 4.79 Å². The van der Waals surface area contributed by atoms with Gasteiger partial charge in [-0.2, -0.15) is 11.3 Å². The van der Waals surface area contributed by atoms with Crippen LogP contribution in [0.4, 0.5) is 5.69 Å². The lowest BCUT2D eigenvalue weighted by Gasteiger charge is -2.28. The Morgan fingerprint density at radius 1 is 1.15 bits per heavy atom. The predicted molar refractivity (Wildman–Crippen MR) is 110 cm³/mol. The Balaban J connectivity index is 1.27. The predicted octanol–water partition coefficient (Wildman–Crippen LogP) is 3.57. The molecule has 0 aliphatic carbocycles. The monoisotopic (exact) mass is 399 g/mol. The maximum absolute atomic E-state index is 12.2. The van der Waals surface area contributed by atoms with Gasteiger partial charge < -0.3 is 15.0 Å². The number of rotatable bonds is 6. The summed E-state index contributed by atoms with van der Waals surface area (Å²) in [4.78, 5) is 19.1. The van der Waals surface area contributed by atoms with Crippen LogP contribution >= 0.6 is 22.7 Å². The van der Waals surface area contributed by atoms with E-state index in [1.807, 2.05) is 16.8 Å². The lowest BCUT2D eigenvalue weighted by molar-refractivity contribution is -0.120. The van der Waals surface area contributed by atoms with Crippen LogP contribution in [0.3, 0.4) is 0 Å². The Hall–Kier alpha value is -2.22. The molecular weight excluding hydrogens is 378 g/mol. The molecule has 7 heteroatoms. The van der Waals surface area contributed by atoms with Crippen molar-refractivity contribution in [3.05, 3.63) is 57.7 Å². The molecule has 1 N–H and O–H groups in total. The summed E-state index contributed by atoms with van der Waals surface area (Å²) >= 11 is 3.23. The second-order valence-corrected chi connectivity index (χ2v) is 8.01. The zero-order chi connectivity index (χ0) is 18.5. The van der Waals surface area contributed by atoms with E-state index in [-0.39, 0.29) is 5.91 Å². The molecular formula is C20H21N3O2S2. The summed E-state index contributed by atoms with van der Waals surface area (Å²) < 4.78 is 5.39. The maximum Gasteiger partial charge on any atom is 0.226 e. The molecule has 1 aromatic carbocycles. The van der Waals surface area contributed by atoms with Gasteiger partial charge in [0.25, 0.3) is 0 Å². The van der Waals surface area contributed by atoms with Gasteiger partial charge in [0.1, 0.15) is 5.01 Å². The number of carbonyl (C=O) groups excluding carboxylic acids is 1. The summed E-state index contributed by atoms with van der Waals surface area (Å²) in [6.07, 6.45) is 0.312. The highest BCUT2D eigenvalue weighted by Gasteiger charge is 2.12. The van der Waals surface area contributed by atoms with Gasteiger partial charge in [-0.25, -0.2) is 4.98 Å². The van der Waals surface area contributed by atoms with E-state index in [0.29, 0.717) is 13.0 Å². The van der Waals surface area contributed by atoms with Crippen molar-refractivity contribution in [1.82, 2.24) is 10.3 Å². The smallest absolute Gasteiger partial charge is 0.226 e. The number of nitrogens with zero attached hydrogens (tertiary/aromatic N) is 2. The zero-order valence-corrected chi connectivity index (χ0v) is 16.5. The summed E-state index contributed by atoms with van der Waals surface area (Å²) in [6.45, 7) is 3.95. The van der Waals surface area contributed by atoms with Gasteiger partial charge in [0.2, 0.25) is 5.91 Å². The number of nitrogens with one attached hydrogen (secondary N) is 1. The number of benzene rings is 1. The summed E-state index contributed by atoms with van der Waals surface area (Å²) in [5.74, 6) is -0.00516. The normalized spacial score (nSPS) is 14.3. The Morgan fingerprint density at radius 2 is 1.96 bits per heavy atom. The molecule has 0 unspecified atom stereocenters. The number of amides is 1. The number of thiazole rings is 1. The van der Waals surface area contributed by atoms with Crippen molar-refractivity contribution in [3.8, 4) is 10.6 Å². The SMILES string of the molecule is O=C(Cc1csc(-c2ccsc2)n1)NCc1ccc(N2CCOCC2)cc1. The first-order valence-electron chi connectivity index (χ1n) is 8.93. The van der Waals surface area contributed by atoms with Crippen molar-refractivity contribution in [2.24, 2.45) is 0 Å². The first-order chi connectivity index (χ1) is 13.3. The van der Waals surface area contributed by atoms with Gasteiger partial charge in [-0.3, -0.25) is 4.79 Å². The molecule has 1 saturated heterocycles. The van der Waals surface area contributed by atoms with Crippen molar-refractivity contribution in [3.63, 3.8) is 0 Å². The molecule has 0 radical (unpaired) electrons. The topological polar surface area (TPSA) is 54.5 Å². The largest absolute Gasteiger partial charge is 0.378 e. The Kier molecular flexibility index (Phi) is 5.81. The van der Waals surface area contributed by atoms with Crippen LogP contribution < -0.4 is 10.2 Å². The molecule has 140 valence electrons. The molecule has 0 spiro atoms. The molecule has 0 bridgehead atoms. The number of carbonyl (C=O) groups is 1. The van der Waals surface area contributed by atoms with Crippen LogP contribution in [0.25, 0.3) is 10.6 Å². The van der Waals surface area contributed by atoms with E-state index in [4.69, 9.17) is 4.74 Å². The average Bonchev–Trinajstić information content (AvgIpc) is 3.39. The molecule has 1 amide bonds. The highest BCUT2D eigenvalue weighted by molar-refractivity contribution is 7.14. The number of hydrogen-bond donors (Lipinski definition) is 1. The van der Waals surface area contributed by atoms with Crippen molar-refractivity contribution < 1.29 is 9.53 Å². The fourth-order valence-electron chi connectivity index (χ4n) is 2.98. The molecule has 0 atom stereocenters. The zero-order valence-electron chi connectivity index (χ0n) is 14.9. The third-order valence-corrected chi connectivity index (χ3v) is 6.09. The Morgan fingerprint density at radius 3 is 2.70 bits per heavy atom. The van der Waals surface area contributed by atoms with Crippen molar-refractivity contribution in [2.75, 3.05) is 31.2 Å². The number of aromatic nitrogens is 1. The highest BCUT2D eigenvalue weighted by Crippen LogP contribution is 2.25. The molecule has 5 nitrogen and oxygen atoms in total. The van der Waals surface area contributed by atoms with E-state index < -0.39 is 0 Å². The fourth-order valence-corrected chi connectivity index (χ4v) is 4.51. The lowest BCUT2D eigenvalue weighted by atomic mass is 10.2. The van der Waals surface area contributed by atoms with Crippen LogP contribution in [0.5, 0.6) is 0 Å². The van der Waals surface area contributed by atoms with Crippen LogP contribution in [0.1, 0.15) is 11.3 Å². The second kappa shape index (κ2) is 8.65. The summed E-state index contributed by atoms with van der Waals surface area (Å²) in [5, 5.41) is 10.0. The second-order valence-electron chi connectivity index (χ2n) is 6.38. The van der Waals surface area contributed by atoms with Gasteiger partial charge >= 0.3 is 0 Å². The Bertz CT molecular complexity index is 869. The summed E-state index contributed by atoms with van der Waals surface area (Å²) in [7, 11) is 0. The van der Waals surface area contributed by atoms with E-state index in [1.165, 1.54) is 5.69 Å². The summed E-state index contributed by atoms with van der Waals surface area (Å²) in [5.41, 5.74) is 4.24. The highest BCUT2D eigenvalue weighted by atomic mass is 32.1. The van der Waals surface area contributed by atoms with Gasteiger partial charge in [-0.1, -0.05) is 12.1 Å². The molecule has 4 rings (SSSR count). The molecule has 3 heterocycles. The van der Waals surface area contributed by atoms with Gasteiger partial charge in [0.15, 0.2) is 0 Å². The van der Waals surface area contributed by atoms with Gasteiger partial charge in [0.05, 0.1) is 25.3 Å². The number of hydrogen-bond acceptors (Lipinski definition) is 6. The van der Waals surface area contributed by atoms with E-state index in [0.717, 1.165) is 48.1 Å². The van der Waals surface area contributed by atoms with E-state index in [1.54, 1.807) is 22.7 Å². The Labute approximate surface area is 166 Å². The van der Waals surface area contributed by atoms with Gasteiger partial charge in [-0.15, -0.1) is 11.3 Å². The number of morpholine rings is 1. The van der Waals surface area contributed by atoms with Crippen LogP contribution in [0.2, 0.25) is 0 Å².